The lowest BCUT2D eigenvalue weighted by Gasteiger charge is -2.07. The van der Waals surface area contributed by atoms with Crippen LogP contribution in [-0.2, 0) is 16.4 Å². The lowest BCUT2D eigenvalue weighted by atomic mass is 10.0. The molecule has 0 heterocycles. The first-order valence-corrected chi connectivity index (χ1v) is 11.7. The van der Waals surface area contributed by atoms with Crippen LogP contribution in [0.4, 0.5) is 0 Å². The summed E-state index contributed by atoms with van der Waals surface area (Å²) in [6, 6.07) is 18.4. The van der Waals surface area contributed by atoms with Crippen LogP contribution in [-0.4, -0.2) is 20.9 Å². The van der Waals surface area contributed by atoms with Crippen LogP contribution >= 0.6 is 0 Å². The molecule has 3 N–H and O–H groups in total. The Bertz CT molecular complexity index is 1090. The first kappa shape index (κ1) is 22.0. The van der Waals surface area contributed by atoms with E-state index >= 15 is 0 Å². The molecule has 0 aliphatic heterocycles. The normalized spacial score (nSPS) is 11.8. The highest BCUT2D eigenvalue weighted by Crippen LogP contribution is 2.33. The quantitative estimate of drug-likeness (QED) is 0.502. The molecule has 0 aromatic heterocycles. The molecule has 0 radical (unpaired) electrons. The molecule has 3 rings (SSSR count). The molecule has 0 saturated heterocycles. The molecule has 0 atom stereocenters. The minimum atomic E-state index is -3.48. The lowest BCUT2D eigenvalue weighted by Crippen LogP contribution is -2.24. The van der Waals surface area contributed by atoms with Gasteiger partial charge in [-0.15, -0.1) is 0 Å². The van der Waals surface area contributed by atoms with Gasteiger partial charge in [-0.3, -0.25) is 4.79 Å². The Hall–Kier alpha value is -2.70. The highest BCUT2D eigenvalue weighted by molar-refractivity contribution is 7.89. The van der Waals surface area contributed by atoms with Crippen molar-refractivity contribution in [1.82, 2.24) is 4.72 Å². The summed E-state index contributed by atoms with van der Waals surface area (Å²) in [5, 5.41) is 0. The Morgan fingerprint density at radius 1 is 0.967 bits per heavy atom. The average Bonchev–Trinajstić information content (AvgIpc) is 2.91. The monoisotopic (exact) mass is 424 g/mol. The number of benzene rings is 1. The van der Waals surface area contributed by atoms with Crippen molar-refractivity contribution in [3.05, 3.63) is 77.4 Å². The van der Waals surface area contributed by atoms with Crippen molar-refractivity contribution in [2.75, 3.05) is 6.54 Å². The molecule has 1 aromatic rings. The van der Waals surface area contributed by atoms with E-state index in [1.54, 1.807) is 30.3 Å². The van der Waals surface area contributed by atoms with E-state index in [2.05, 4.69) is 30.7 Å². The fourth-order valence-corrected chi connectivity index (χ4v) is 4.66. The predicted molar refractivity (Wildman–Crippen MR) is 120 cm³/mol. The van der Waals surface area contributed by atoms with Crippen LogP contribution < -0.4 is 10.5 Å². The van der Waals surface area contributed by atoms with Gasteiger partial charge in [0, 0.05) is 12.1 Å². The first-order chi connectivity index (χ1) is 14.3. The van der Waals surface area contributed by atoms with E-state index in [0.29, 0.717) is 24.4 Å². The van der Waals surface area contributed by atoms with E-state index < -0.39 is 15.9 Å². The molecule has 0 saturated carbocycles. The fraction of sp³-hybridized carbons (Fsp3) is 0.292. The van der Waals surface area contributed by atoms with Gasteiger partial charge < -0.3 is 5.73 Å². The van der Waals surface area contributed by atoms with E-state index in [1.807, 2.05) is 18.2 Å². The second-order valence-electron chi connectivity index (χ2n) is 7.76. The van der Waals surface area contributed by atoms with E-state index in [1.165, 1.54) is 5.56 Å². The highest BCUT2D eigenvalue weighted by atomic mass is 32.2. The maximum Gasteiger partial charge on any atom is 0.249 e. The Labute approximate surface area is 178 Å². The zero-order valence-electron chi connectivity index (χ0n) is 17.4. The molecule has 2 aliphatic carbocycles. The molecule has 0 fully saturated rings. The summed E-state index contributed by atoms with van der Waals surface area (Å²) in [7, 11) is -3.48. The van der Waals surface area contributed by atoms with Crippen molar-refractivity contribution < 1.29 is 13.2 Å². The number of aryl methyl sites for hydroxylation is 1. The number of nitrogens with two attached hydrogens (primary N) is 1. The molecule has 1 amide bonds. The van der Waals surface area contributed by atoms with Gasteiger partial charge in [0.15, 0.2) is 0 Å². The number of nitrogens with one attached hydrogen (secondary N) is 1. The molecular formula is C24H28N2O3S. The van der Waals surface area contributed by atoms with Crippen molar-refractivity contribution in [2.24, 2.45) is 5.73 Å². The van der Waals surface area contributed by atoms with Gasteiger partial charge in [-0.05, 0) is 65.6 Å². The molecule has 30 heavy (non-hydrogen) atoms. The number of amides is 1. The van der Waals surface area contributed by atoms with Gasteiger partial charge in [0.05, 0.1) is 4.90 Å². The van der Waals surface area contributed by atoms with E-state index in [0.717, 1.165) is 29.5 Å². The van der Waals surface area contributed by atoms with Crippen molar-refractivity contribution in [3.63, 3.8) is 0 Å². The van der Waals surface area contributed by atoms with Gasteiger partial charge in [0.1, 0.15) is 0 Å². The van der Waals surface area contributed by atoms with Crippen LogP contribution in [0.25, 0.3) is 11.1 Å². The smallest absolute Gasteiger partial charge is 0.249 e. The molecule has 0 unspecified atom stereocenters. The maximum absolute atomic E-state index is 12.3. The van der Waals surface area contributed by atoms with E-state index in [9.17, 15) is 13.2 Å². The number of unbranched alkanes of at least 4 members (excludes halogenated alkanes) is 1. The number of sulfonamides is 1. The van der Waals surface area contributed by atoms with Gasteiger partial charge in [-0.25, -0.2) is 13.1 Å². The molecule has 6 heteroatoms. The summed E-state index contributed by atoms with van der Waals surface area (Å²) < 4.78 is 27.2. The summed E-state index contributed by atoms with van der Waals surface area (Å²) in [6.45, 7) is 4.63. The van der Waals surface area contributed by atoms with Crippen LogP contribution in [0.3, 0.4) is 0 Å². The van der Waals surface area contributed by atoms with Gasteiger partial charge in [-0.1, -0.05) is 56.3 Å². The van der Waals surface area contributed by atoms with Crippen molar-refractivity contribution >= 4 is 15.9 Å². The average molecular weight is 425 g/mol. The van der Waals surface area contributed by atoms with Gasteiger partial charge in [-0.2, -0.15) is 0 Å². The molecule has 0 spiro atoms. The number of rotatable bonds is 9. The van der Waals surface area contributed by atoms with Crippen LogP contribution in [0, 0.1) is 0 Å². The molecule has 1 aromatic carbocycles. The van der Waals surface area contributed by atoms with Crippen molar-refractivity contribution in [3.8, 4) is 11.1 Å². The predicted octanol–water partition coefficient (Wildman–Crippen LogP) is 4.31. The van der Waals surface area contributed by atoms with E-state index in [4.69, 9.17) is 5.73 Å². The summed E-state index contributed by atoms with van der Waals surface area (Å²) >= 11 is 0. The van der Waals surface area contributed by atoms with Crippen LogP contribution in [0.2, 0.25) is 0 Å². The Kier molecular flexibility index (Phi) is 6.90. The highest BCUT2D eigenvalue weighted by Gasteiger charge is 2.18. The zero-order chi connectivity index (χ0) is 21.7. The Morgan fingerprint density at radius 3 is 2.27 bits per heavy atom. The number of carbonyl (C=O) groups is 1. The number of hydrogen-bond donors (Lipinski definition) is 2. The molecule has 158 valence electrons. The zero-order valence-corrected chi connectivity index (χ0v) is 18.2. The SMILES string of the molecule is CC(C)c1ccc2c(CCCCNS(=O)(=O)c3ccccc3)cc(C(N)=O)c-2cc1. The van der Waals surface area contributed by atoms with Crippen LogP contribution in [0.1, 0.15) is 54.1 Å². The third-order valence-electron chi connectivity index (χ3n) is 5.28. The minimum Gasteiger partial charge on any atom is -0.366 e. The topological polar surface area (TPSA) is 89.3 Å². The number of hydrogen-bond acceptors (Lipinski definition) is 3. The lowest BCUT2D eigenvalue weighted by molar-refractivity contribution is 0.100. The molecule has 0 bridgehead atoms. The first-order valence-electron chi connectivity index (χ1n) is 10.2. The van der Waals surface area contributed by atoms with Gasteiger partial charge in [0.2, 0.25) is 15.9 Å². The molecule has 5 nitrogen and oxygen atoms in total. The van der Waals surface area contributed by atoms with Crippen molar-refractivity contribution in [2.45, 2.75) is 43.9 Å². The van der Waals surface area contributed by atoms with Crippen molar-refractivity contribution in [1.29, 1.82) is 0 Å². The van der Waals surface area contributed by atoms with Crippen LogP contribution in [0.15, 0.2) is 65.6 Å². The summed E-state index contributed by atoms with van der Waals surface area (Å²) in [4.78, 5) is 12.2. The maximum atomic E-state index is 12.3. The Balaban J connectivity index is 1.67. The number of primary amides is 1. The standard InChI is InChI=1S/C24H28N2O3S/c1-17(2)18-11-13-21-19(16-23(24(25)27)22(21)14-12-18)8-6-7-15-26-30(28,29)20-9-4-3-5-10-20/h3-5,9-14,16-17,26H,6-8,15H2,1-2H3,(H2,25,27). The fourth-order valence-electron chi connectivity index (χ4n) is 3.56. The van der Waals surface area contributed by atoms with Gasteiger partial charge in [0.25, 0.3) is 0 Å². The summed E-state index contributed by atoms with van der Waals surface area (Å²) in [5.74, 6) is -0.0428. The van der Waals surface area contributed by atoms with Gasteiger partial charge >= 0.3 is 0 Å². The number of carbonyl (C=O) groups excluding carboxylic acids is 1. The third kappa shape index (κ3) is 5.07. The van der Waals surface area contributed by atoms with E-state index in [-0.39, 0.29) is 4.90 Å². The third-order valence-corrected chi connectivity index (χ3v) is 6.76. The molecule has 2 aliphatic rings. The summed E-state index contributed by atoms with van der Waals surface area (Å²) in [5.41, 5.74) is 10.3. The van der Waals surface area contributed by atoms with Crippen LogP contribution in [0.5, 0.6) is 0 Å². The number of fused-ring (bicyclic) bond motifs is 1. The second-order valence-corrected chi connectivity index (χ2v) is 9.53. The second kappa shape index (κ2) is 9.41. The largest absolute Gasteiger partial charge is 0.366 e. The minimum absolute atomic E-state index is 0.270. The summed E-state index contributed by atoms with van der Waals surface area (Å²) in [6.07, 6.45) is 2.24. The Morgan fingerprint density at radius 2 is 1.63 bits per heavy atom. The molecular weight excluding hydrogens is 396 g/mol.